The third-order valence-electron chi connectivity index (χ3n) is 6.23. The van der Waals surface area contributed by atoms with Crippen molar-refractivity contribution in [3.8, 4) is 0 Å². The Morgan fingerprint density at radius 3 is 2.30 bits per heavy atom. The van der Waals surface area contributed by atoms with Crippen molar-refractivity contribution in [2.75, 3.05) is 26.2 Å². The number of benzene rings is 3. The summed E-state index contributed by atoms with van der Waals surface area (Å²) in [7, 11) is -3.53. The van der Waals surface area contributed by atoms with Crippen LogP contribution in [0.25, 0.3) is 10.8 Å². The number of hydrogen-bond acceptors (Lipinski definition) is 3. The summed E-state index contributed by atoms with van der Waals surface area (Å²) >= 11 is 0. The van der Waals surface area contributed by atoms with Gasteiger partial charge in [0.15, 0.2) is 0 Å². The summed E-state index contributed by atoms with van der Waals surface area (Å²) < 4.78 is 27.7. The summed E-state index contributed by atoms with van der Waals surface area (Å²) in [4.78, 5) is 15.1. The average molecular weight is 421 g/mol. The minimum absolute atomic E-state index is 0.0460. The number of nitrogens with zero attached hydrogens (tertiary/aromatic N) is 2. The lowest BCUT2D eigenvalue weighted by molar-refractivity contribution is 0.0698. The van der Waals surface area contributed by atoms with Crippen molar-refractivity contribution < 1.29 is 13.2 Å². The van der Waals surface area contributed by atoms with Crippen LogP contribution in [0.2, 0.25) is 0 Å². The predicted molar refractivity (Wildman–Crippen MR) is 117 cm³/mol. The van der Waals surface area contributed by atoms with E-state index in [1.165, 1.54) is 9.87 Å². The summed E-state index contributed by atoms with van der Waals surface area (Å²) in [6.07, 6.45) is 3.08. The fourth-order valence-electron chi connectivity index (χ4n) is 4.49. The van der Waals surface area contributed by atoms with Crippen molar-refractivity contribution in [2.45, 2.75) is 24.2 Å². The van der Waals surface area contributed by atoms with Gasteiger partial charge in [-0.2, -0.15) is 4.31 Å². The topological polar surface area (TPSA) is 57.7 Å². The van der Waals surface area contributed by atoms with Gasteiger partial charge < -0.3 is 4.90 Å². The number of hydrogen-bond donors (Lipinski definition) is 0. The molecule has 0 atom stereocenters. The normalized spacial score (nSPS) is 17.3. The van der Waals surface area contributed by atoms with Gasteiger partial charge in [-0.25, -0.2) is 8.42 Å². The first kappa shape index (κ1) is 19.3. The summed E-state index contributed by atoms with van der Waals surface area (Å²) in [5.41, 5.74) is 3.06. The Balaban J connectivity index is 1.30. The number of carbonyl (C=O) groups excluding carboxylic acids is 1. The lowest BCUT2D eigenvalue weighted by Crippen LogP contribution is -2.50. The Hall–Kier alpha value is -2.70. The van der Waals surface area contributed by atoms with E-state index >= 15 is 0 Å². The SMILES string of the molecule is O=C(c1ccc2ccccc2c1)N1CCN(S(=O)(=O)c2ccc3c(c2)CCC3)CC1. The molecule has 0 radical (unpaired) electrons. The minimum Gasteiger partial charge on any atom is -0.336 e. The highest BCUT2D eigenvalue weighted by atomic mass is 32.2. The zero-order valence-electron chi connectivity index (χ0n) is 16.8. The Morgan fingerprint density at radius 1 is 0.767 bits per heavy atom. The fraction of sp³-hybridized carbons (Fsp3) is 0.292. The molecule has 1 fully saturated rings. The molecular formula is C24H24N2O3S. The number of amides is 1. The average Bonchev–Trinajstić information content (AvgIpc) is 3.26. The summed E-state index contributed by atoms with van der Waals surface area (Å²) in [6, 6.07) is 19.2. The summed E-state index contributed by atoms with van der Waals surface area (Å²) in [5, 5.41) is 2.13. The van der Waals surface area contributed by atoms with Gasteiger partial charge >= 0.3 is 0 Å². The van der Waals surface area contributed by atoms with E-state index in [0.29, 0.717) is 36.6 Å². The number of sulfonamides is 1. The van der Waals surface area contributed by atoms with E-state index in [1.54, 1.807) is 11.0 Å². The lowest BCUT2D eigenvalue weighted by Gasteiger charge is -2.34. The van der Waals surface area contributed by atoms with E-state index in [0.717, 1.165) is 35.6 Å². The molecule has 0 aromatic heterocycles. The smallest absolute Gasteiger partial charge is 0.253 e. The maximum Gasteiger partial charge on any atom is 0.253 e. The molecule has 0 bridgehead atoms. The van der Waals surface area contributed by atoms with Gasteiger partial charge in [0.1, 0.15) is 0 Å². The van der Waals surface area contributed by atoms with Crippen molar-refractivity contribution in [1.29, 1.82) is 0 Å². The van der Waals surface area contributed by atoms with Crippen molar-refractivity contribution in [3.63, 3.8) is 0 Å². The van der Waals surface area contributed by atoms with E-state index in [4.69, 9.17) is 0 Å². The van der Waals surface area contributed by atoms with Gasteiger partial charge in [0.2, 0.25) is 10.0 Å². The van der Waals surface area contributed by atoms with Crippen LogP contribution in [0.15, 0.2) is 65.6 Å². The van der Waals surface area contributed by atoms with E-state index in [9.17, 15) is 13.2 Å². The minimum atomic E-state index is -3.53. The van der Waals surface area contributed by atoms with Crippen LogP contribution >= 0.6 is 0 Å². The molecule has 2 aliphatic rings. The molecule has 1 aliphatic carbocycles. The molecule has 1 aliphatic heterocycles. The molecule has 5 rings (SSSR count). The van der Waals surface area contributed by atoms with Gasteiger partial charge in [-0.15, -0.1) is 0 Å². The van der Waals surface area contributed by atoms with Gasteiger partial charge in [0.25, 0.3) is 5.91 Å². The molecule has 0 saturated carbocycles. The van der Waals surface area contributed by atoms with Crippen molar-refractivity contribution >= 4 is 26.7 Å². The molecule has 3 aromatic rings. The third kappa shape index (κ3) is 3.40. The van der Waals surface area contributed by atoms with Gasteiger partial charge in [-0.3, -0.25) is 4.79 Å². The van der Waals surface area contributed by atoms with Crippen molar-refractivity contribution in [2.24, 2.45) is 0 Å². The first-order valence-corrected chi connectivity index (χ1v) is 11.9. The largest absolute Gasteiger partial charge is 0.336 e. The van der Waals surface area contributed by atoms with Crippen LogP contribution in [0.5, 0.6) is 0 Å². The summed E-state index contributed by atoms with van der Waals surface area (Å²) in [6.45, 7) is 1.43. The quantitative estimate of drug-likeness (QED) is 0.652. The third-order valence-corrected chi connectivity index (χ3v) is 8.12. The van der Waals surface area contributed by atoms with Crippen LogP contribution in [0.1, 0.15) is 27.9 Å². The molecule has 0 unspecified atom stereocenters. The fourth-order valence-corrected chi connectivity index (χ4v) is 5.97. The molecule has 1 amide bonds. The second kappa shape index (κ2) is 7.52. The number of piperazine rings is 1. The molecule has 1 heterocycles. The van der Waals surface area contributed by atoms with Crippen LogP contribution in [-0.2, 0) is 22.9 Å². The zero-order valence-corrected chi connectivity index (χ0v) is 17.6. The van der Waals surface area contributed by atoms with Crippen LogP contribution in [0, 0.1) is 0 Å². The maximum absolute atomic E-state index is 13.1. The first-order chi connectivity index (χ1) is 14.5. The molecule has 0 spiro atoms. The van der Waals surface area contributed by atoms with Gasteiger partial charge in [0.05, 0.1) is 4.90 Å². The van der Waals surface area contributed by atoms with E-state index in [2.05, 4.69) is 0 Å². The molecular weight excluding hydrogens is 396 g/mol. The monoisotopic (exact) mass is 420 g/mol. The van der Waals surface area contributed by atoms with Gasteiger partial charge in [0, 0.05) is 31.7 Å². The molecule has 0 N–H and O–H groups in total. The first-order valence-electron chi connectivity index (χ1n) is 10.4. The van der Waals surface area contributed by atoms with Crippen molar-refractivity contribution in [3.05, 3.63) is 77.4 Å². The highest BCUT2D eigenvalue weighted by Gasteiger charge is 2.31. The van der Waals surface area contributed by atoms with Crippen LogP contribution in [-0.4, -0.2) is 49.7 Å². The van der Waals surface area contributed by atoms with Crippen molar-refractivity contribution in [1.82, 2.24) is 9.21 Å². The number of rotatable bonds is 3. The Morgan fingerprint density at radius 2 is 1.50 bits per heavy atom. The predicted octanol–water partition coefficient (Wildman–Crippen LogP) is 3.48. The zero-order chi connectivity index (χ0) is 20.7. The standard InChI is InChI=1S/C24H24N2O3S/c27-24(22-9-8-18-4-1-2-5-20(18)16-22)25-12-14-26(15-13-25)30(28,29)23-11-10-19-6-3-7-21(19)17-23/h1-2,4-5,8-11,16-17H,3,6-7,12-15H2. The highest BCUT2D eigenvalue weighted by molar-refractivity contribution is 7.89. The highest BCUT2D eigenvalue weighted by Crippen LogP contribution is 2.27. The molecule has 5 nitrogen and oxygen atoms in total. The number of aryl methyl sites for hydroxylation is 2. The molecule has 3 aromatic carbocycles. The summed E-state index contributed by atoms with van der Waals surface area (Å²) in [5.74, 6) is -0.0460. The van der Waals surface area contributed by atoms with E-state index in [-0.39, 0.29) is 5.91 Å². The lowest BCUT2D eigenvalue weighted by atomic mass is 10.1. The second-order valence-electron chi connectivity index (χ2n) is 8.04. The Kier molecular flexibility index (Phi) is 4.83. The second-order valence-corrected chi connectivity index (χ2v) is 9.98. The molecule has 6 heteroatoms. The maximum atomic E-state index is 13.1. The van der Waals surface area contributed by atoms with Gasteiger partial charge in [-0.1, -0.05) is 36.4 Å². The number of fused-ring (bicyclic) bond motifs is 2. The van der Waals surface area contributed by atoms with Crippen LogP contribution in [0.3, 0.4) is 0 Å². The molecule has 154 valence electrons. The van der Waals surface area contributed by atoms with Crippen LogP contribution < -0.4 is 0 Å². The van der Waals surface area contributed by atoms with E-state index in [1.807, 2.05) is 54.6 Å². The molecule has 1 saturated heterocycles. The van der Waals surface area contributed by atoms with Gasteiger partial charge in [-0.05, 0) is 65.4 Å². The Bertz CT molecular complexity index is 1230. The van der Waals surface area contributed by atoms with E-state index < -0.39 is 10.0 Å². The number of carbonyl (C=O) groups is 1. The Labute approximate surface area is 177 Å². The van der Waals surface area contributed by atoms with Crippen LogP contribution in [0.4, 0.5) is 0 Å². The molecule has 30 heavy (non-hydrogen) atoms.